The summed E-state index contributed by atoms with van der Waals surface area (Å²) in [4.78, 5) is 27.5. The number of aromatic nitrogens is 4. The zero-order valence-corrected chi connectivity index (χ0v) is 17.4. The van der Waals surface area contributed by atoms with Gasteiger partial charge in [-0.15, -0.1) is 0 Å². The van der Waals surface area contributed by atoms with E-state index in [-0.39, 0.29) is 17.5 Å². The Morgan fingerprint density at radius 2 is 1.93 bits per heavy atom. The van der Waals surface area contributed by atoms with Gasteiger partial charge in [-0.3, -0.25) is 9.69 Å². The zero-order valence-electron chi connectivity index (χ0n) is 16.6. The summed E-state index contributed by atoms with van der Waals surface area (Å²) in [6.45, 7) is 6.10. The number of anilines is 2. The molecule has 0 bridgehead atoms. The van der Waals surface area contributed by atoms with Gasteiger partial charge in [0.05, 0.1) is 18.1 Å². The first-order valence-electron chi connectivity index (χ1n) is 9.56. The number of rotatable bonds is 5. The highest BCUT2D eigenvalue weighted by Crippen LogP contribution is 2.33. The summed E-state index contributed by atoms with van der Waals surface area (Å²) in [5, 5.41) is 3.98. The molecule has 3 heterocycles. The molecule has 0 saturated carbocycles. The molecule has 1 atom stereocenters. The smallest absolute Gasteiger partial charge is 0.228 e. The van der Waals surface area contributed by atoms with Crippen LogP contribution in [0.1, 0.15) is 45.3 Å². The summed E-state index contributed by atoms with van der Waals surface area (Å²) in [6, 6.07) is 9.23. The highest BCUT2D eigenvalue weighted by atomic mass is 35.5. The van der Waals surface area contributed by atoms with Crippen LogP contribution in [0.2, 0.25) is 5.02 Å². The van der Waals surface area contributed by atoms with Crippen molar-refractivity contribution in [3.05, 3.63) is 59.8 Å². The van der Waals surface area contributed by atoms with E-state index >= 15 is 0 Å². The molecule has 3 aromatic rings. The molecule has 7 nitrogen and oxygen atoms in total. The lowest BCUT2D eigenvalue weighted by atomic mass is 10.0. The molecule has 1 aliphatic heterocycles. The van der Waals surface area contributed by atoms with Crippen molar-refractivity contribution >= 4 is 29.3 Å². The molecule has 4 rings (SSSR count). The van der Waals surface area contributed by atoms with Crippen molar-refractivity contribution in [2.45, 2.75) is 45.2 Å². The quantitative estimate of drug-likeness (QED) is 0.674. The number of benzene rings is 1. The van der Waals surface area contributed by atoms with Crippen LogP contribution >= 0.6 is 11.6 Å². The van der Waals surface area contributed by atoms with Crippen molar-refractivity contribution in [3.63, 3.8) is 0 Å². The Hall–Kier alpha value is -2.93. The first kappa shape index (κ1) is 19.4. The van der Waals surface area contributed by atoms with E-state index in [1.807, 2.05) is 42.0 Å². The highest BCUT2D eigenvalue weighted by molar-refractivity contribution is 6.30. The van der Waals surface area contributed by atoms with Gasteiger partial charge in [0.25, 0.3) is 0 Å². The van der Waals surface area contributed by atoms with Gasteiger partial charge in [0.15, 0.2) is 0 Å². The summed E-state index contributed by atoms with van der Waals surface area (Å²) in [5.74, 6) is 1.18. The lowest BCUT2D eigenvalue weighted by Gasteiger charge is -2.30. The van der Waals surface area contributed by atoms with E-state index in [9.17, 15) is 4.79 Å². The minimum Gasteiger partial charge on any atom is -0.346 e. The molecule has 0 spiro atoms. The van der Waals surface area contributed by atoms with Gasteiger partial charge in [0.2, 0.25) is 11.9 Å². The van der Waals surface area contributed by atoms with Gasteiger partial charge in [-0.1, -0.05) is 11.6 Å². The number of halogens is 1. The fourth-order valence-corrected chi connectivity index (χ4v) is 3.66. The van der Waals surface area contributed by atoms with Crippen molar-refractivity contribution < 1.29 is 4.79 Å². The third-order valence-electron chi connectivity index (χ3n) is 5.19. The first-order chi connectivity index (χ1) is 13.8. The lowest BCUT2D eigenvalue weighted by molar-refractivity contribution is -0.117. The summed E-state index contributed by atoms with van der Waals surface area (Å²) < 4.78 is 1.94. The van der Waals surface area contributed by atoms with Crippen LogP contribution in [-0.4, -0.2) is 31.0 Å². The van der Waals surface area contributed by atoms with Gasteiger partial charge in [-0.25, -0.2) is 9.97 Å². The average molecular weight is 411 g/mol. The molecule has 0 unspecified atom stereocenters. The van der Waals surface area contributed by atoms with Crippen LogP contribution in [0.4, 0.5) is 11.8 Å². The van der Waals surface area contributed by atoms with Crippen molar-refractivity contribution in [1.82, 2.24) is 19.5 Å². The van der Waals surface area contributed by atoms with Gasteiger partial charge in [0, 0.05) is 35.1 Å². The van der Waals surface area contributed by atoms with E-state index in [4.69, 9.17) is 11.6 Å². The maximum atomic E-state index is 12.3. The second-order valence-electron chi connectivity index (χ2n) is 7.83. The second-order valence-corrected chi connectivity index (χ2v) is 8.26. The van der Waals surface area contributed by atoms with Gasteiger partial charge in [-0.2, -0.15) is 4.98 Å². The summed E-state index contributed by atoms with van der Waals surface area (Å²) >= 11 is 5.96. The van der Waals surface area contributed by atoms with Crippen LogP contribution in [0.15, 0.2) is 49.1 Å². The van der Waals surface area contributed by atoms with Crippen molar-refractivity contribution in [1.29, 1.82) is 0 Å². The van der Waals surface area contributed by atoms with Crippen LogP contribution in [0.5, 0.6) is 0 Å². The zero-order chi connectivity index (χ0) is 20.6. The van der Waals surface area contributed by atoms with Gasteiger partial charge in [0.1, 0.15) is 5.82 Å². The third kappa shape index (κ3) is 3.96. The number of nitrogens with one attached hydrogen (secondary N) is 1. The number of nitrogens with zero attached hydrogens (tertiary/aromatic N) is 5. The molecule has 29 heavy (non-hydrogen) atoms. The van der Waals surface area contributed by atoms with Crippen LogP contribution in [0.3, 0.4) is 0 Å². The van der Waals surface area contributed by atoms with Crippen LogP contribution in [0.25, 0.3) is 5.69 Å². The monoisotopic (exact) mass is 410 g/mol. The van der Waals surface area contributed by atoms with Crippen LogP contribution in [0, 0.1) is 0 Å². The number of hydrogen-bond donors (Lipinski definition) is 1. The van der Waals surface area contributed by atoms with Crippen LogP contribution in [-0.2, 0) is 4.79 Å². The minimum atomic E-state index is -0.244. The Morgan fingerprint density at radius 1 is 1.17 bits per heavy atom. The Morgan fingerprint density at radius 3 is 2.62 bits per heavy atom. The fourth-order valence-electron chi connectivity index (χ4n) is 3.54. The van der Waals surface area contributed by atoms with Gasteiger partial charge < -0.3 is 9.88 Å². The van der Waals surface area contributed by atoms with Crippen molar-refractivity contribution in [3.8, 4) is 5.69 Å². The molecule has 2 aromatic heterocycles. The molecule has 1 amide bonds. The molecule has 1 aliphatic rings. The topological polar surface area (TPSA) is 75.9 Å². The molecular formula is C21H23ClN6O. The Kier molecular flexibility index (Phi) is 5.00. The number of hydrogen-bond acceptors (Lipinski definition) is 5. The maximum absolute atomic E-state index is 12.3. The fraction of sp³-hybridized carbons (Fsp3) is 0.333. The predicted octanol–water partition coefficient (Wildman–Crippen LogP) is 4.39. The normalized spacial score (nSPS) is 16.8. The molecule has 1 saturated heterocycles. The van der Waals surface area contributed by atoms with E-state index in [1.165, 1.54) is 0 Å². The molecule has 1 aromatic carbocycles. The first-order valence-corrected chi connectivity index (χ1v) is 9.94. The van der Waals surface area contributed by atoms with Crippen molar-refractivity contribution in [2.75, 3.05) is 10.2 Å². The predicted molar refractivity (Wildman–Crippen MR) is 113 cm³/mol. The standard InChI is InChI=1S/C21H23ClN6O/c1-14(17-12-27(13-24-17)16-6-4-15(22)5-7-16)25-20-23-11-9-18(26-20)28-19(29)8-10-21(28,2)3/h4-7,9,11-14H,8,10H2,1-3H3,(H,23,25,26)/t14-/m0/s1. The van der Waals surface area contributed by atoms with E-state index in [0.29, 0.717) is 23.2 Å². The van der Waals surface area contributed by atoms with Crippen LogP contribution < -0.4 is 10.2 Å². The molecule has 1 fully saturated rings. The molecule has 150 valence electrons. The Bertz CT molecular complexity index is 1030. The second kappa shape index (κ2) is 7.48. The molecule has 0 aliphatic carbocycles. The third-order valence-corrected chi connectivity index (χ3v) is 5.44. The lowest BCUT2D eigenvalue weighted by Crippen LogP contribution is -2.41. The summed E-state index contributed by atoms with van der Waals surface area (Å²) in [7, 11) is 0. The van der Waals surface area contributed by atoms with Gasteiger partial charge in [-0.05, 0) is 57.5 Å². The SMILES string of the molecule is C[C@H](Nc1nccc(N2C(=O)CCC2(C)C)n1)c1cn(-c2ccc(Cl)cc2)cn1. The van der Waals surface area contributed by atoms with E-state index < -0.39 is 0 Å². The summed E-state index contributed by atoms with van der Waals surface area (Å²) in [5.41, 5.74) is 1.59. The number of imidazole rings is 1. The van der Waals surface area contributed by atoms with E-state index in [2.05, 4.69) is 34.1 Å². The molecule has 8 heteroatoms. The molecule has 1 N–H and O–H groups in total. The number of amides is 1. The Balaban J connectivity index is 1.51. The van der Waals surface area contributed by atoms with Crippen molar-refractivity contribution in [2.24, 2.45) is 0 Å². The highest BCUT2D eigenvalue weighted by Gasteiger charge is 2.39. The average Bonchev–Trinajstić information content (AvgIpc) is 3.27. The molecular weight excluding hydrogens is 388 g/mol. The van der Waals surface area contributed by atoms with Gasteiger partial charge >= 0.3 is 0 Å². The number of carbonyl (C=O) groups is 1. The largest absolute Gasteiger partial charge is 0.346 e. The summed E-state index contributed by atoms with van der Waals surface area (Å²) in [6.07, 6.45) is 6.75. The number of carbonyl (C=O) groups excluding carboxylic acids is 1. The Labute approximate surface area is 174 Å². The maximum Gasteiger partial charge on any atom is 0.228 e. The van der Waals surface area contributed by atoms with E-state index in [0.717, 1.165) is 17.8 Å². The van der Waals surface area contributed by atoms with E-state index in [1.54, 1.807) is 23.5 Å². The minimum absolute atomic E-state index is 0.0920. The molecule has 0 radical (unpaired) electrons.